The number of benzene rings is 2. The van der Waals surface area contributed by atoms with E-state index in [1.54, 1.807) is 36.4 Å². The highest BCUT2D eigenvalue weighted by Crippen LogP contribution is 2.37. The minimum Gasteiger partial charge on any atom is -0.481 e. The number of anilines is 2. The van der Waals surface area contributed by atoms with Gasteiger partial charge in [-0.15, -0.1) is 0 Å². The Morgan fingerprint density at radius 3 is 2.15 bits per heavy atom. The summed E-state index contributed by atoms with van der Waals surface area (Å²) in [6.45, 7) is 5.60. The van der Waals surface area contributed by atoms with Gasteiger partial charge in [0.1, 0.15) is 17.8 Å². The molecule has 0 bridgehead atoms. The lowest BCUT2D eigenvalue weighted by Crippen LogP contribution is -2.49. The normalized spacial score (nSPS) is 19.4. The second-order valence-electron chi connectivity index (χ2n) is 12.2. The number of hydrogen-bond acceptors (Lipinski definition) is 9. The van der Waals surface area contributed by atoms with Gasteiger partial charge in [0.05, 0.1) is 17.3 Å². The second-order valence-corrected chi connectivity index (χ2v) is 12.2. The minimum atomic E-state index is -1.04. The molecule has 5 N–H and O–H groups in total. The van der Waals surface area contributed by atoms with Gasteiger partial charge in [0.25, 0.3) is 5.97 Å². The van der Waals surface area contributed by atoms with E-state index in [1.165, 1.54) is 6.33 Å². The molecular weight excluding hydrogens is 600 g/mol. The van der Waals surface area contributed by atoms with Crippen LogP contribution in [0.25, 0.3) is 22.3 Å². The van der Waals surface area contributed by atoms with Gasteiger partial charge in [0.15, 0.2) is 5.65 Å². The fourth-order valence-corrected chi connectivity index (χ4v) is 6.45. The number of nitrogens with zero attached hydrogens (tertiary/aromatic N) is 6. The SMILES string of the molecule is CC(=O)O.CN1CCN(C2CCC(n3nc(-c4ccc(NC(=O)CC(C(=O)O)c5ccccc5)cc4)c4c(N)ncnc43)CC2)CC1. The van der Waals surface area contributed by atoms with E-state index in [-0.39, 0.29) is 18.4 Å². The number of rotatable bonds is 8. The summed E-state index contributed by atoms with van der Waals surface area (Å²) in [6.07, 6.45) is 5.65. The zero-order valence-corrected chi connectivity index (χ0v) is 26.7. The maximum atomic E-state index is 12.8. The van der Waals surface area contributed by atoms with Crippen molar-refractivity contribution in [2.75, 3.05) is 44.3 Å². The number of nitrogen functional groups attached to an aromatic ring is 1. The van der Waals surface area contributed by atoms with Crippen LogP contribution in [0.5, 0.6) is 0 Å². The van der Waals surface area contributed by atoms with Crippen LogP contribution in [0.2, 0.25) is 0 Å². The van der Waals surface area contributed by atoms with Crippen molar-refractivity contribution < 1.29 is 24.6 Å². The van der Waals surface area contributed by atoms with E-state index in [4.69, 9.17) is 20.7 Å². The zero-order chi connectivity index (χ0) is 33.5. The molecule has 3 heterocycles. The number of carbonyl (C=O) groups excluding carboxylic acids is 1. The first-order chi connectivity index (χ1) is 22.6. The third-order valence-corrected chi connectivity index (χ3v) is 8.92. The Balaban J connectivity index is 0.00000103. The first-order valence-corrected chi connectivity index (χ1v) is 15.9. The first kappa shape index (κ1) is 33.5. The summed E-state index contributed by atoms with van der Waals surface area (Å²) in [5.41, 5.74) is 9.81. The van der Waals surface area contributed by atoms with E-state index in [1.807, 2.05) is 22.9 Å². The number of nitrogens with two attached hydrogens (primary N) is 1. The Bertz CT molecular complexity index is 1670. The topological polar surface area (TPSA) is 180 Å². The van der Waals surface area contributed by atoms with Crippen LogP contribution in [-0.4, -0.2) is 96.9 Å². The monoisotopic (exact) mass is 642 g/mol. The fraction of sp³-hybridized carbons (Fsp3) is 0.412. The van der Waals surface area contributed by atoms with Crippen LogP contribution in [0.3, 0.4) is 0 Å². The molecule has 4 aromatic rings. The lowest BCUT2D eigenvalue weighted by molar-refractivity contribution is -0.140. The average molecular weight is 643 g/mol. The summed E-state index contributed by atoms with van der Waals surface area (Å²) in [5, 5.41) is 25.7. The summed E-state index contributed by atoms with van der Waals surface area (Å²) in [7, 11) is 2.19. The van der Waals surface area contributed by atoms with Crippen LogP contribution in [-0.2, 0) is 14.4 Å². The Labute approximate surface area is 273 Å². The molecule has 248 valence electrons. The summed E-state index contributed by atoms with van der Waals surface area (Å²) in [6, 6.07) is 17.0. The molecule has 1 unspecified atom stereocenters. The predicted octanol–water partition coefficient (Wildman–Crippen LogP) is 4.09. The Kier molecular flexibility index (Phi) is 10.8. The molecule has 1 atom stereocenters. The summed E-state index contributed by atoms with van der Waals surface area (Å²) >= 11 is 0. The molecule has 2 aliphatic rings. The number of likely N-dealkylation sites (N-methyl/N-ethyl adjacent to an activating group) is 1. The Morgan fingerprint density at radius 1 is 0.915 bits per heavy atom. The van der Waals surface area contributed by atoms with E-state index in [0.717, 1.165) is 75.4 Å². The van der Waals surface area contributed by atoms with Crippen LogP contribution in [0, 0.1) is 0 Å². The summed E-state index contributed by atoms with van der Waals surface area (Å²) < 4.78 is 2.04. The third kappa shape index (κ3) is 8.29. The van der Waals surface area contributed by atoms with E-state index in [9.17, 15) is 14.7 Å². The third-order valence-electron chi connectivity index (χ3n) is 8.92. The largest absolute Gasteiger partial charge is 0.481 e. The molecular formula is C34H42N8O5. The highest BCUT2D eigenvalue weighted by atomic mass is 16.4. The molecule has 2 aromatic heterocycles. The maximum absolute atomic E-state index is 12.8. The van der Waals surface area contributed by atoms with Crippen LogP contribution < -0.4 is 11.1 Å². The second kappa shape index (κ2) is 15.1. The Morgan fingerprint density at radius 2 is 1.53 bits per heavy atom. The number of hydrogen-bond donors (Lipinski definition) is 4. The average Bonchev–Trinajstić information content (AvgIpc) is 3.45. The molecule has 0 spiro atoms. The number of piperazine rings is 1. The van der Waals surface area contributed by atoms with Crippen molar-refractivity contribution >= 4 is 40.4 Å². The van der Waals surface area contributed by atoms with Crippen molar-refractivity contribution in [3.05, 3.63) is 66.5 Å². The van der Waals surface area contributed by atoms with Gasteiger partial charge < -0.3 is 26.2 Å². The Hall–Kier alpha value is -4.88. The molecule has 2 aromatic carbocycles. The number of carboxylic acid groups (broad SMARTS) is 2. The number of amides is 1. The lowest BCUT2D eigenvalue weighted by Gasteiger charge is -2.41. The molecule has 13 heteroatoms. The van der Waals surface area contributed by atoms with Gasteiger partial charge >= 0.3 is 5.97 Å². The van der Waals surface area contributed by atoms with Crippen LogP contribution in [0.4, 0.5) is 11.5 Å². The predicted molar refractivity (Wildman–Crippen MR) is 179 cm³/mol. The number of fused-ring (bicyclic) bond motifs is 1. The first-order valence-electron chi connectivity index (χ1n) is 15.9. The van der Waals surface area contributed by atoms with E-state index in [2.05, 4.69) is 32.1 Å². The molecule has 13 nitrogen and oxygen atoms in total. The number of carbonyl (C=O) groups is 3. The van der Waals surface area contributed by atoms with Gasteiger partial charge in [0, 0.05) is 56.8 Å². The number of aliphatic carboxylic acids is 2. The van der Waals surface area contributed by atoms with Crippen LogP contribution in [0.1, 0.15) is 56.6 Å². The molecule has 6 rings (SSSR count). The smallest absolute Gasteiger partial charge is 0.311 e. The quantitative estimate of drug-likeness (QED) is 0.217. The van der Waals surface area contributed by atoms with E-state index in [0.29, 0.717) is 28.8 Å². The van der Waals surface area contributed by atoms with Crippen molar-refractivity contribution in [1.29, 1.82) is 0 Å². The molecule has 1 saturated heterocycles. The van der Waals surface area contributed by atoms with Crippen molar-refractivity contribution in [3.8, 4) is 11.3 Å². The molecule has 1 aliphatic heterocycles. The highest BCUT2D eigenvalue weighted by molar-refractivity contribution is 5.99. The van der Waals surface area contributed by atoms with Gasteiger partial charge in [-0.1, -0.05) is 42.5 Å². The van der Waals surface area contributed by atoms with Crippen molar-refractivity contribution in [2.45, 2.75) is 57.0 Å². The van der Waals surface area contributed by atoms with Crippen LogP contribution in [0.15, 0.2) is 60.9 Å². The molecule has 2 fully saturated rings. The highest BCUT2D eigenvalue weighted by Gasteiger charge is 2.31. The maximum Gasteiger partial charge on any atom is 0.311 e. The van der Waals surface area contributed by atoms with E-state index >= 15 is 0 Å². The van der Waals surface area contributed by atoms with Crippen molar-refractivity contribution in [2.24, 2.45) is 0 Å². The summed E-state index contributed by atoms with van der Waals surface area (Å²) in [4.78, 5) is 47.5. The van der Waals surface area contributed by atoms with Gasteiger partial charge in [0.2, 0.25) is 5.91 Å². The van der Waals surface area contributed by atoms with Crippen LogP contribution >= 0.6 is 0 Å². The summed E-state index contributed by atoms with van der Waals surface area (Å²) in [5.74, 6) is -2.78. The van der Waals surface area contributed by atoms with Crippen molar-refractivity contribution in [3.63, 3.8) is 0 Å². The fourth-order valence-electron chi connectivity index (χ4n) is 6.45. The van der Waals surface area contributed by atoms with Gasteiger partial charge in [-0.05, 0) is 50.4 Å². The minimum absolute atomic E-state index is 0.166. The lowest BCUT2D eigenvalue weighted by atomic mass is 9.90. The van der Waals surface area contributed by atoms with Gasteiger partial charge in [-0.25, -0.2) is 14.6 Å². The van der Waals surface area contributed by atoms with Gasteiger partial charge in [-0.2, -0.15) is 5.10 Å². The molecule has 1 amide bonds. The van der Waals surface area contributed by atoms with Gasteiger partial charge in [-0.3, -0.25) is 19.3 Å². The van der Waals surface area contributed by atoms with Crippen molar-refractivity contribution in [1.82, 2.24) is 29.5 Å². The zero-order valence-electron chi connectivity index (χ0n) is 26.7. The number of aromatic nitrogens is 4. The number of nitrogens with one attached hydrogen (secondary N) is 1. The van der Waals surface area contributed by atoms with E-state index < -0.39 is 17.9 Å². The molecule has 1 saturated carbocycles. The standard InChI is InChI=1S/C32H38N8O3.C2H4O2/c1-38-15-17-39(18-16-38)24-11-13-25(14-12-24)40-31-28(30(33)34-20-35-31)29(37-40)22-7-9-23(10-8-22)36-27(41)19-26(32(42)43)21-5-3-2-4-6-21;1-2(3)4/h2-10,20,24-26H,11-19H2,1H3,(H,36,41)(H,42,43)(H2,33,34,35);1H3,(H,3,4). The molecule has 1 aliphatic carbocycles. The number of carboxylic acids is 2. The molecule has 47 heavy (non-hydrogen) atoms. The molecule has 0 radical (unpaired) electrons.